The SMILES string of the molecule is Cc1ccc(S(=O)(=O)NCCC(=O)N(C)C(C)c2ccc(F)cc2)cc1C. The van der Waals surface area contributed by atoms with E-state index in [9.17, 15) is 17.6 Å². The highest BCUT2D eigenvalue weighted by atomic mass is 32.2. The molecule has 0 heterocycles. The molecule has 0 aromatic heterocycles. The summed E-state index contributed by atoms with van der Waals surface area (Å²) in [6.07, 6.45) is 0.0338. The molecule has 5 nitrogen and oxygen atoms in total. The maximum Gasteiger partial charge on any atom is 0.240 e. The summed E-state index contributed by atoms with van der Waals surface area (Å²) in [5, 5.41) is 0. The quantitative estimate of drug-likeness (QED) is 0.786. The number of aryl methyl sites for hydroxylation is 2. The Labute approximate surface area is 160 Å². The van der Waals surface area contributed by atoms with Gasteiger partial charge in [0.1, 0.15) is 5.82 Å². The summed E-state index contributed by atoms with van der Waals surface area (Å²) in [4.78, 5) is 14.1. The van der Waals surface area contributed by atoms with Crippen LogP contribution in [0.4, 0.5) is 4.39 Å². The summed E-state index contributed by atoms with van der Waals surface area (Å²) in [6, 6.07) is 10.6. The average molecular weight is 392 g/mol. The van der Waals surface area contributed by atoms with Crippen LogP contribution < -0.4 is 4.72 Å². The van der Waals surface area contributed by atoms with Crippen LogP contribution in [0.15, 0.2) is 47.4 Å². The number of nitrogens with zero attached hydrogens (tertiary/aromatic N) is 1. The summed E-state index contributed by atoms with van der Waals surface area (Å²) in [5.41, 5.74) is 2.71. The van der Waals surface area contributed by atoms with E-state index in [0.717, 1.165) is 16.7 Å². The lowest BCUT2D eigenvalue weighted by atomic mass is 10.1. The number of benzene rings is 2. The van der Waals surface area contributed by atoms with Crippen LogP contribution in [-0.2, 0) is 14.8 Å². The Morgan fingerprint density at radius 1 is 1.11 bits per heavy atom. The van der Waals surface area contributed by atoms with Crippen molar-refractivity contribution in [2.24, 2.45) is 0 Å². The number of amides is 1. The van der Waals surface area contributed by atoms with Crippen LogP contribution in [0, 0.1) is 19.7 Å². The van der Waals surface area contributed by atoms with Crippen LogP contribution in [0.3, 0.4) is 0 Å². The molecule has 2 rings (SSSR count). The zero-order chi connectivity index (χ0) is 20.2. The normalized spacial score (nSPS) is 12.6. The van der Waals surface area contributed by atoms with E-state index in [4.69, 9.17) is 0 Å². The largest absolute Gasteiger partial charge is 0.339 e. The first kappa shape index (κ1) is 21.1. The topological polar surface area (TPSA) is 66.5 Å². The van der Waals surface area contributed by atoms with Gasteiger partial charge in [-0.3, -0.25) is 4.79 Å². The van der Waals surface area contributed by atoms with Crippen molar-refractivity contribution in [3.05, 3.63) is 65.0 Å². The van der Waals surface area contributed by atoms with Gasteiger partial charge in [-0.25, -0.2) is 17.5 Å². The molecule has 0 saturated heterocycles. The molecule has 0 saturated carbocycles. The fourth-order valence-corrected chi connectivity index (χ4v) is 3.73. The van der Waals surface area contributed by atoms with Crippen LogP contribution >= 0.6 is 0 Å². The number of rotatable bonds is 7. The van der Waals surface area contributed by atoms with Gasteiger partial charge in [0, 0.05) is 20.0 Å². The molecule has 0 radical (unpaired) electrons. The minimum Gasteiger partial charge on any atom is -0.339 e. The van der Waals surface area contributed by atoms with Gasteiger partial charge in [-0.2, -0.15) is 0 Å². The van der Waals surface area contributed by atoms with Crippen LogP contribution in [-0.4, -0.2) is 32.8 Å². The van der Waals surface area contributed by atoms with Gasteiger partial charge in [0.05, 0.1) is 10.9 Å². The van der Waals surface area contributed by atoms with Crippen molar-refractivity contribution in [2.45, 2.75) is 38.1 Å². The molecule has 27 heavy (non-hydrogen) atoms. The Kier molecular flexibility index (Phi) is 6.73. The molecule has 7 heteroatoms. The molecule has 146 valence electrons. The van der Waals surface area contributed by atoms with Gasteiger partial charge in [0.2, 0.25) is 15.9 Å². The summed E-state index contributed by atoms with van der Waals surface area (Å²) < 4.78 is 40.2. The van der Waals surface area contributed by atoms with Crippen molar-refractivity contribution in [1.29, 1.82) is 0 Å². The van der Waals surface area contributed by atoms with Crippen molar-refractivity contribution in [3.8, 4) is 0 Å². The molecule has 2 aromatic carbocycles. The molecule has 1 amide bonds. The zero-order valence-electron chi connectivity index (χ0n) is 16.0. The van der Waals surface area contributed by atoms with Crippen molar-refractivity contribution in [2.75, 3.05) is 13.6 Å². The van der Waals surface area contributed by atoms with E-state index in [2.05, 4.69) is 4.72 Å². The van der Waals surface area contributed by atoms with Crippen LogP contribution in [0.25, 0.3) is 0 Å². The standard InChI is InChI=1S/C20H25FN2O3S/c1-14-5-10-19(13-15(14)2)27(25,26)22-12-11-20(24)23(4)16(3)17-6-8-18(21)9-7-17/h5-10,13,16,22H,11-12H2,1-4H3. The lowest BCUT2D eigenvalue weighted by Gasteiger charge is -2.25. The molecule has 0 aliphatic rings. The fourth-order valence-electron chi connectivity index (χ4n) is 2.61. The highest BCUT2D eigenvalue weighted by Crippen LogP contribution is 2.20. The first-order chi connectivity index (χ1) is 12.6. The molecule has 1 N–H and O–H groups in total. The fraction of sp³-hybridized carbons (Fsp3) is 0.350. The highest BCUT2D eigenvalue weighted by Gasteiger charge is 2.19. The van der Waals surface area contributed by atoms with Gasteiger partial charge in [-0.15, -0.1) is 0 Å². The van der Waals surface area contributed by atoms with E-state index in [-0.39, 0.29) is 35.6 Å². The van der Waals surface area contributed by atoms with Gasteiger partial charge in [0.25, 0.3) is 0 Å². The van der Waals surface area contributed by atoms with Gasteiger partial charge in [0.15, 0.2) is 0 Å². The summed E-state index contributed by atoms with van der Waals surface area (Å²) in [5.74, 6) is -0.532. The van der Waals surface area contributed by atoms with Gasteiger partial charge < -0.3 is 4.90 Å². The van der Waals surface area contributed by atoms with Crippen molar-refractivity contribution >= 4 is 15.9 Å². The number of hydrogen-bond donors (Lipinski definition) is 1. The van der Waals surface area contributed by atoms with Crippen LogP contribution in [0.1, 0.15) is 36.1 Å². The second kappa shape index (κ2) is 8.63. The smallest absolute Gasteiger partial charge is 0.240 e. The number of nitrogens with one attached hydrogen (secondary N) is 1. The molecule has 1 atom stereocenters. The number of carbonyl (C=O) groups excluding carboxylic acids is 1. The molecule has 0 bridgehead atoms. The molecule has 0 aliphatic carbocycles. The minimum atomic E-state index is -3.66. The number of halogens is 1. The Balaban J connectivity index is 1.94. The van der Waals surface area contributed by atoms with E-state index in [1.807, 2.05) is 20.8 Å². The molecule has 2 aromatic rings. The van der Waals surface area contributed by atoms with Crippen LogP contribution in [0.5, 0.6) is 0 Å². The average Bonchev–Trinajstić information content (AvgIpc) is 2.63. The van der Waals surface area contributed by atoms with Crippen molar-refractivity contribution in [1.82, 2.24) is 9.62 Å². The first-order valence-corrected chi connectivity index (χ1v) is 10.2. The summed E-state index contributed by atoms with van der Waals surface area (Å²) in [6.45, 7) is 5.61. The molecular formula is C20H25FN2O3S. The second-order valence-corrected chi connectivity index (χ2v) is 8.39. The predicted molar refractivity (Wildman–Crippen MR) is 103 cm³/mol. The summed E-state index contributed by atoms with van der Waals surface area (Å²) in [7, 11) is -2.01. The monoisotopic (exact) mass is 392 g/mol. The molecular weight excluding hydrogens is 367 g/mol. The lowest BCUT2D eigenvalue weighted by Crippen LogP contribution is -2.33. The van der Waals surface area contributed by atoms with Gasteiger partial charge >= 0.3 is 0 Å². The minimum absolute atomic E-state index is 0.00850. The summed E-state index contributed by atoms with van der Waals surface area (Å²) >= 11 is 0. The number of carbonyl (C=O) groups is 1. The second-order valence-electron chi connectivity index (χ2n) is 6.63. The third-order valence-corrected chi connectivity index (χ3v) is 6.21. The third-order valence-electron chi connectivity index (χ3n) is 4.75. The van der Waals surface area contributed by atoms with Crippen LogP contribution in [0.2, 0.25) is 0 Å². The van der Waals surface area contributed by atoms with Gasteiger partial charge in [-0.05, 0) is 61.7 Å². The Morgan fingerprint density at radius 2 is 1.74 bits per heavy atom. The maximum atomic E-state index is 13.0. The van der Waals surface area contributed by atoms with Crippen molar-refractivity contribution in [3.63, 3.8) is 0 Å². The Morgan fingerprint density at radius 3 is 2.33 bits per heavy atom. The van der Waals surface area contributed by atoms with E-state index in [0.29, 0.717) is 0 Å². The number of sulfonamides is 1. The Hall–Kier alpha value is -2.25. The zero-order valence-corrected chi connectivity index (χ0v) is 16.8. The number of hydrogen-bond acceptors (Lipinski definition) is 3. The highest BCUT2D eigenvalue weighted by molar-refractivity contribution is 7.89. The maximum absolute atomic E-state index is 13.0. The van der Waals surface area contributed by atoms with E-state index in [1.54, 1.807) is 37.4 Å². The van der Waals surface area contributed by atoms with E-state index >= 15 is 0 Å². The predicted octanol–water partition coefficient (Wildman–Crippen LogP) is 3.33. The molecule has 0 aliphatic heterocycles. The van der Waals surface area contributed by atoms with Gasteiger partial charge in [-0.1, -0.05) is 18.2 Å². The first-order valence-electron chi connectivity index (χ1n) is 8.70. The third kappa shape index (κ3) is 5.37. The van der Waals surface area contributed by atoms with E-state index in [1.165, 1.54) is 17.0 Å². The van der Waals surface area contributed by atoms with E-state index < -0.39 is 10.0 Å². The lowest BCUT2D eigenvalue weighted by molar-refractivity contribution is -0.131. The molecule has 0 spiro atoms. The molecule has 0 fully saturated rings. The van der Waals surface area contributed by atoms with Crippen molar-refractivity contribution < 1.29 is 17.6 Å². The Bertz CT molecular complexity index is 911. The molecule has 1 unspecified atom stereocenters.